The van der Waals surface area contributed by atoms with E-state index < -0.39 is 10.0 Å². The molecule has 5 N–H and O–H groups in total. The van der Waals surface area contributed by atoms with E-state index in [1.165, 1.54) is 6.07 Å². The number of hydrogen-bond donors (Lipinski definition) is 4. The van der Waals surface area contributed by atoms with Gasteiger partial charge in [-0.1, -0.05) is 6.07 Å². The molecule has 128 valence electrons. The lowest BCUT2D eigenvalue weighted by Gasteiger charge is -2.23. The van der Waals surface area contributed by atoms with Gasteiger partial charge in [-0.15, -0.1) is 0 Å². The van der Waals surface area contributed by atoms with E-state index in [4.69, 9.17) is 5.14 Å². The Hall–Kier alpha value is -2.39. The number of rotatable bonds is 3. The van der Waals surface area contributed by atoms with E-state index in [1.54, 1.807) is 25.3 Å². The molecule has 1 heterocycles. The molecule has 2 aromatic rings. The highest BCUT2D eigenvalue weighted by Gasteiger charge is 2.21. The van der Waals surface area contributed by atoms with Crippen molar-refractivity contribution in [1.29, 1.82) is 0 Å². The van der Waals surface area contributed by atoms with Crippen molar-refractivity contribution in [2.24, 2.45) is 5.14 Å². The summed E-state index contributed by atoms with van der Waals surface area (Å²) in [6.07, 6.45) is 4.15. The molecule has 1 unspecified atom stereocenters. The number of hydrogen-bond acceptors (Lipinski definition) is 4. The van der Waals surface area contributed by atoms with Crippen LogP contribution >= 0.6 is 0 Å². The minimum absolute atomic E-state index is 0.000931. The molecule has 24 heavy (non-hydrogen) atoms. The molecule has 0 saturated carbocycles. The Morgan fingerprint density at radius 2 is 2.21 bits per heavy atom. The van der Waals surface area contributed by atoms with Gasteiger partial charge in [0, 0.05) is 17.4 Å². The van der Waals surface area contributed by atoms with E-state index in [0.29, 0.717) is 11.3 Å². The molecule has 1 aromatic carbocycles. The number of primary sulfonamides is 1. The maximum Gasteiger partial charge on any atom is 0.319 e. The van der Waals surface area contributed by atoms with Crippen LogP contribution in [0.3, 0.4) is 0 Å². The van der Waals surface area contributed by atoms with Crippen LogP contribution in [0, 0.1) is 6.92 Å². The number of sulfonamides is 1. The van der Waals surface area contributed by atoms with Crippen LogP contribution in [0.4, 0.5) is 10.5 Å². The molecule has 0 radical (unpaired) electrons. The maximum absolute atomic E-state index is 12.2. The molecule has 3 rings (SSSR count). The van der Waals surface area contributed by atoms with Crippen molar-refractivity contribution in [3.8, 4) is 0 Å². The van der Waals surface area contributed by atoms with Crippen molar-refractivity contribution in [2.45, 2.75) is 37.1 Å². The molecule has 8 nitrogen and oxygen atoms in total. The third kappa shape index (κ3) is 3.57. The highest BCUT2D eigenvalue weighted by Crippen LogP contribution is 2.20. The van der Waals surface area contributed by atoms with Crippen LogP contribution in [-0.2, 0) is 22.9 Å². The number of urea groups is 1. The molecule has 1 aliphatic rings. The van der Waals surface area contributed by atoms with E-state index in [9.17, 15) is 13.2 Å². The third-order valence-electron chi connectivity index (χ3n) is 4.10. The van der Waals surface area contributed by atoms with Gasteiger partial charge >= 0.3 is 6.03 Å². The zero-order valence-electron chi connectivity index (χ0n) is 13.2. The first kappa shape index (κ1) is 16.5. The van der Waals surface area contributed by atoms with Gasteiger partial charge in [-0.05, 0) is 49.4 Å². The molecule has 0 fully saturated rings. The first-order valence-corrected chi connectivity index (χ1v) is 9.09. The van der Waals surface area contributed by atoms with E-state index in [1.807, 2.05) is 0 Å². The topological polar surface area (TPSA) is 130 Å². The van der Waals surface area contributed by atoms with Crippen LogP contribution < -0.4 is 15.8 Å². The number of amides is 2. The zero-order valence-corrected chi connectivity index (χ0v) is 14.0. The van der Waals surface area contributed by atoms with Crippen LogP contribution in [0.5, 0.6) is 0 Å². The second-order valence-electron chi connectivity index (χ2n) is 5.94. The molecular formula is C15H19N5O3S. The lowest BCUT2D eigenvalue weighted by atomic mass is 9.94. The van der Waals surface area contributed by atoms with Gasteiger partial charge in [0.25, 0.3) is 0 Å². The Balaban J connectivity index is 1.66. The molecule has 0 bridgehead atoms. The van der Waals surface area contributed by atoms with Gasteiger partial charge in [-0.3, -0.25) is 5.10 Å². The average molecular weight is 349 g/mol. The summed E-state index contributed by atoms with van der Waals surface area (Å²) in [5, 5.41) is 17.7. The predicted octanol–water partition coefficient (Wildman–Crippen LogP) is 1.04. The molecule has 0 spiro atoms. The highest BCUT2D eigenvalue weighted by molar-refractivity contribution is 7.89. The first-order valence-electron chi connectivity index (χ1n) is 7.55. The number of aromatic nitrogens is 2. The average Bonchev–Trinajstić information content (AvgIpc) is 2.95. The minimum Gasteiger partial charge on any atom is -0.335 e. The number of benzene rings is 1. The van der Waals surface area contributed by atoms with E-state index in [0.717, 1.165) is 30.5 Å². The monoisotopic (exact) mass is 349 g/mol. The van der Waals surface area contributed by atoms with Crippen molar-refractivity contribution < 1.29 is 13.2 Å². The van der Waals surface area contributed by atoms with Gasteiger partial charge in [0.1, 0.15) is 0 Å². The summed E-state index contributed by atoms with van der Waals surface area (Å²) in [5.41, 5.74) is 3.13. The van der Waals surface area contributed by atoms with Crippen LogP contribution in [0.1, 0.15) is 23.2 Å². The SMILES string of the molecule is Cc1ccc(NC(=O)NC2CCc3[nH]ncc3C2)cc1S(N)(=O)=O. The molecule has 2 amide bonds. The van der Waals surface area contributed by atoms with Gasteiger partial charge in [0.2, 0.25) is 10.0 Å². The Morgan fingerprint density at radius 3 is 2.96 bits per heavy atom. The number of aromatic amines is 1. The maximum atomic E-state index is 12.2. The van der Waals surface area contributed by atoms with Gasteiger partial charge in [0.15, 0.2) is 0 Å². The van der Waals surface area contributed by atoms with Crippen LogP contribution in [0.25, 0.3) is 0 Å². The molecule has 0 aliphatic heterocycles. The number of aryl methyl sites for hydroxylation is 2. The molecule has 1 aromatic heterocycles. The minimum atomic E-state index is -3.83. The number of nitrogens with one attached hydrogen (secondary N) is 3. The molecule has 9 heteroatoms. The third-order valence-corrected chi connectivity index (χ3v) is 5.16. The Morgan fingerprint density at radius 1 is 1.42 bits per heavy atom. The molecule has 1 aliphatic carbocycles. The number of nitrogens with zero attached hydrogens (tertiary/aromatic N) is 1. The summed E-state index contributed by atoms with van der Waals surface area (Å²) in [6.45, 7) is 1.65. The molecular weight excluding hydrogens is 330 g/mol. The fourth-order valence-electron chi connectivity index (χ4n) is 2.88. The summed E-state index contributed by atoms with van der Waals surface area (Å²) in [5.74, 6) is 0. The Bertz CT molecular complexity index is 875. The number of fused-ring (bicyclic) bond motifs is 1. The van der Waals surface area contributed by atoms with E-state index in [-0.39, 0.29) is 17.0 Å². The molecule has 1 atom stereocenters. The Kier molecular flexibility index (Phi) is 4.29. The number of carbonyl (C=O) groups is 1. The molecule has 0 saturated heterocycles. The summed E-state index contributed by atoms with van der Waals surface area (Å²) >= 11 is 0. The number of H-pyrrole nitrogens is 1. The van der Waals surface area contributed by atoms with Crippen molar-refractivity contribution in [2.75, 3.05) is 5.32 Å². The fraction of sp³-hybridized carbons (Fsp3) is 0.333. The van der Waals surface area contributed by atoms with Crippen molar-refractivity contribution in [3.63, 3.8) is 0 Å². The van der Waals surface area contributed by atoms with E-state index >= 15 is 0 Å². The summed E-state index contributed by atoms with van der Waals surface area (Å²) < 4.78 is 23.1. The fourth-order valence-corrected chi connectivity index (χ4v) is 3.68. The van der Waals surface area contributed by atoms with Crippen LogP contribution in [0.15, 0.2) is 29.3 Å². The van der Waals surface area contributed by atoms with Crippen LogP contribution in [0.2, 0.25) is 0 Å². The van der Waals surface area contributed by atoms with Crippen molar-refractivity contribution in [3.05, 3.63) is 41.2 Å². The standard InChI is InChI=1S/C15H19N5O3S/c1-9-2-3-12(7-14(9)24(16,22)23)19-15(21)18-11-4-5-13-10(6-11)8-17-20-13/h2-3,7-8,11H,4-6H2,1H3,(H,17,20)(H2,16,22,23)(H2,18,19,21). The smallest absolute Gasteiger partial charge is 0.319 e. The summed E-state index contributed by atoms with van der Waals surface area (Å²) in [6, 6.07) is 4.24. The summed E-state index contributed by atoms with van der Waals surface area (Å²) in [7, 11) is -3.83. The van der Waals surface area contributed by atoms with Gasteiger partial charge in [-0.2, -0.15) is 5.10 Å². The summed E-state index contributed by atoms with van der Waals surface area (Å²) in [4.78, 5) is 12.2. The second kappa shape index (κ2) is 6.25. The van der Waals surface area contributed by atoms with Crippen molar-refractivity contribution in [1.82, 2.24) is 15.5 Å². The highest BCUT2D eigenvalue weighted by atomic mass is 32.2. The number of nitrogens with two attached hydrogens (primary N) is 1. The number of carbonyl (C=O) groups excluding carboxylic acids is 1. The normalized spacial score (nSPS) is 17.2. The quantitative estimate of drug-likeness (QED) is 0.659. The van der Waals surface area contributed by atoms with Gasteiger partial charge in [0.05, 0.1) is 11.1 Å². The largest absolute Gasteiger partial charge is 0.335 e. The van der Waals surface area contributed by atoms with Gasteiger partial charge in [-0.25, -0.2) is 18.4 Å². The first-order chi connectivity index (χ1) is 11.3. The Labute approximate surface area is 139 Å². The zero-order chi connectivity index (χ0) is 17.3. The van der Waals surface area contributed by atoms with E-state index in [2.05, 4.69) is 20.8 Å². The lowest BCUT2D eigenvalue weighted by molar-refractivity contribution is 0.247. The van der Waals surface area contributed by atoms with Gasteiger partial charge < -0.3 is 10.6 Å². The number of anilines is 1. The lowest BCUT2D eigenvalue weighted by Crippen LogP contribution is -2.41. The van der Waals surface area contributed by atoms with Crippen molar-refractivity contribution >= 4 is 21.7 Å². The second-order valence-corrected chi connectivity index (χ2v) is 7.47. The predicted molar refractivity (Wildman–Crippen MR) is 89.1 cm³/mol. The van der Waals surface area contributed by atoms with Crippen LogP contribution in [-0.4, -0.2) is 30.7 Å².